The van der Waals surface area contributed by atoms with Gasteiger partial charge in [-0.1, -0.05) is 0 Å². The van der Waals surface area contributed by atoms with Gasteiger partial charge in [0.15, 0.2) is 9.84 Å². The number of sulfone groups is 1. The summed E-state index contributed by atoms with van der Waals surface area (Å²) in [5.41, 5.74) is 0. The Bertz CT molecular complexity index is 454. The van der Waals surface area contributed by atoms with Crippen LogP contribution in [0.1, 0.15) is 17.8 Å². The highest BCUT2D eigenvalue weighted by molar-refractivity contribution is 9.10. The van der Waals surface area contributed by atoms with E-state index in [0.29, 0.717) is 0 Å². The van der Waals surface area contributed by atoms with Crippen LogP contribution in [0.4, 0.5) is 0 Å². The lowest BCUT2D eigenvalue weighted by Gasteiger charge is -2.27. The van der Waals surface area contributed by atoms with E-state index in [1.807, 2.05) is 18.4 Å². The molecule has 1 N–H and O–H groups in total. The van der Waals surface area contributed by atoms with Crippen molar-refractivity contribution in [3.63, 3.8) is 0 Å². The number of rotatable bonds is 1. The van der Waals surface area contributed by atoms with E-state index in [9.17, 15) is 8.42 Å². The summed E-state index contributed by atoms with van der Waals surface area (Å²) in [6.45, 7) is 1.91. The number of hydrogen-bond acceptors (Lipinski definition) is 4. The molecule has 2 heterocycles. The number of hydrogen-bond donors (Lipinski definition) is 1. The van der Waals surface area contributed by atoms with Crippen LogP contribution in [0.2, 0.25) is 0 Å². The first-order valence-corrected chi connectivity index (χ1v) is 8.16. The van der Waals surface area contributed by atoms with Gasteiger partial charge in [0.1, 0.15) is 0 Å². The molecule has 0 aromatic carbocycles. The summed E-state index contributed by atoms with van der Waals surface area (Å²) in [5, 5.41) is 5.29. The van der Waals surface area contributed by atoms with Crippen LogP contribution >= 0.6 is 27.3 Å². The fourth-order valence-electron chi connectivity index (χ4n) is 1.82. The van der Waals surface area contributed by atoms with E-state index in [2.05, 4.69) is 21.2 Å². The molecular formula is C9H12BrNO2S2. The summed E-state index contributed by atoms with van der Waals surface area (Å²) in [7, 11) is -2.89. The van der Waals surface area contributed by atoms with E-state index >= 15 is 0 Å². The van der Waals surface area contributed by atoms with E-state index in [-0.39, 0.29) is 23.6 Å². The topological polar surface area (TPSA) is 46.2 Å². The minimum Gasteiger partial charge on any atom is -0.305 e. The Labute approximate surface area is 102 Å². The maximum atomic E-state index is 11.6. The maximum Gasteiger partial charge on any atom is 0.153 e. The van der Waals surface area contributed by atoms with Crippen LogP contribution < -0.4 is 5.32 Å². The van der Waals surface area contributed by atoms with Gasteiger partial charge in [-0.05, 0) is 28.9 Å². The molecule has 2 atom stereocenters. The Morgan fingerprint density at radius 3 is 2.80 bits per heavy atom. The van der Waals surface area contributed by atoms with Crippen LogP contribution in [0.25, 0.3) is 0 Å². The van der Waals surface area contributed by atoms with E-state index in [0.717, 1.165) is 9.35 Å². The fourth-order valence-corrected chi connectivity index (χ4v) is 5.21. The van der Waals surface area contributed by atoms with Crippen molar-refractivity contribution in [2.75, 3.05) is 11.5 Å². The minimum absolute atomic E-state index is 0.0367. The normalized spacial score (nSPS) is 30.3. The van der Waals surface area contributed by atoms with Gasteiger partial charge < -0.3 is 5.32 Å². The van der Waals surface area contributed by atoms with Gasteiger partial charge in [-0.15, -0.1) is 11.3 Å². The van der Waals surface area contributed by atoms with Crippen molar-refractivity contribution in [2.24, 2.45) is 0 Å². The largest absolute Gasteiger partial charge is 0.305 e. The highest BCUT2D eigenvalue weighted by Gasteiger charge is 2.30. The highest BCUT2D eigenvalue weighted by Crippen LogP contribution is 2.28. The molecule has 2 unspecified atom stereocenters. The molecule has 0 aliphatic carbocycles. The molecule has 1 aromatic heterocycles. The smallest absolute Gasteiger partial charge is 0.153 e. The Morgan fingerprint density at radius 2 is 2.27 bits per heavy atom. The Balaban J connectivity index is 2.23. The molecule has 1 fully saturated rings. The molecule has 0 saturated carbocycles. The van der Waals surface area contributed by atoms with Crippen LogP contribution in [-0.4, -0.2) is 26.0 Å². The number of halogens is 1. The van der Waals surface area contributed by atoms with E-state index in [1.165, 1.54) is 0 Å². The van der Waals surface area contributed by atoms with Crippen molar-refractivity contribution in [2.45, 2.75) is 19.0 Å². The van der Waals surface area contributed by atoms with Crippen LogP contribution in [0.15, 0.2) is 15.9 Å². The summed E-state index contributed by atoms with van der Waals surface area (Å²) in [4.78, 5) is 1.08. The second kappa shape index (κ2) is 4.16. The standard InChI is InChI=1S/C9H12BrNO2S2/c1-6-4-15(12,13)5-8(11-6)9-2-7(10)3-14-9/h2-3,6,8,11H,4-5H2,1H3. The third-order valence-electron chi connectivity index (χ3n) is 2.34. The third kappa shape index (κ3) is 2.81. The van der Waals surface area contributed by atoms with Crippen molar-refractivity contribution in [1.82, 2.24) is 5.32 Å². The maximum absolute atomic E-state index is 11.6. The molecule has 1 aliphatic rings. The van der Waals surface area contributed by atoms with Crippen molar-refractivity contribution in [1.29, 1.82) is 0 Å². The zero-order valence-electron chi connectivity index (χ0n) is 8.23. The predicted molar refractivity (Wildman–Crippen MR) is 66.0 cm³/mol. The molecule has 0 radical (unpaired) electrons. The Morgan fingerprint density at radius 1 is 1.53 bits per heavy atom. The predicted octanol–water partition coefficient (Wildman–Crippen LogP) is 1.96. The van der Waals surface area contributed by atoms with Crippen LogP contribution in [0, 0.1) is 0 Å². The van der Waals surface area contributed by atoms with Crippen LogP contribution in [0.3, 0.4) is 0 Å². The second-order valence-electron chi connectivity index (χ2n) is 3.86. The van der Waals surface area contributed by atoms with Gasteiger partial charge in [0.25, 0.3) is 0 Å². The van der Waals surface area contributed by atoms with Crippen molar-refractivity contribution in [3.05, 3.63) is 20.8 Å². The molecule has 84 valence electrons. The molecule has 0 spiro atoms. The van der Waals surface area contributed by atoms with Gasteiger partial charge in [-0.2, -0.15) is 0 Å². The molecule has 2 rings (SSSR count). The van der Waals surface area contributed by atoms with Gasteiger partial charge in [-0.25, -0.2) is 8.42 Å². The van der Waals surface area contributed by atoms with Gasteiger partial charge in [-0.3, -0.25) is 0 Å². The van der Waals surface area contributed by atoms with E-state index in [1.54, 1.807) is 11.3 Å². The summed E-state index contributed by atoms with van der Waals surface area (Å²) in [5.74, 6) is 0.459. The lowest BCUT2D eigenvalue weighted by Crippen LogP contribution is -2.45. The van der Waals surface area contributed by atoms with Crippen molar-refractivity contribution < 1.29 is 8.42 Å². The summed E-state index contributed by atoms with van der Waals surface area (Å²) in [6.07, 6.45) is 0. The average molecular weight is 310 g/mol. The van der Waals surface area contributed by atoms with Gasteiger partial charge in [0.05, 0.1) is 17.5 Å². The van der Waals surface area contributed by atoms with E-state index < -0.39 is 9.84 Å². The molecule has 1 aliphatic heterocycles. The molecule has 0 amide bonds. The highest BCUT2D eigenvalue weighted by atomic mass is 79.9. The number of nitrogens with one attached hydrogen (secondary N) is 1. The average Bonchev–Trinajstić information content (AvgIpc) is 2.48. The first kappa shape index (κ1) is 11.6. The lowest BCUT2D eigenvalue weighted by molar-refractivity contribution is 0.473. The molecule has 1 aromatic rings. The fraction of sp³-hybridized carbons (Fsp3) is 0.556. The Hall–Kier alpha value is 0.0900. The third-order valence-corrected chi connectivity index (χ3v) is 6.00. The molecular weight excluding hydrogens is 298 g/mol. The molecule has 3 nitrogen and oxygen atoms in total. The van der Waals surface area contributed by atoms with Crippen molar-refractivity contribution in [3.8, 4) is 0 Å². The first-order valence-electron chi connectivity index (χ1n) is 4.67. The summed E-state index contributed by atoms with van der Waals surface area (Å²) >= 11 is 4.96. The molecule has 6 heteroatoms. The minimum atomic E-state index is -2.89. The lowest BCUT2D eigenvalue weighted by atomic mass is 10.2. The SMILES string of the molecule is CC1CS(=O)(=O)CC(c2cc(Br)cs2)N1. The zero-order valence-corrected chi connectivity index (χ0v) is 11.5. The van der Waals surface area contributed by atoms with Gasteiger partial charge in [0.2, 0.25) is 0 Å². The molecule has 15 heavy (non-hydrogen) atoms. The quantitative estimate of drug-likeness (QED) is 0.862. The monoisotopic (exact) mass is 309 g/mol. The molecule has 1 saturated heterocycles. The van der Waals surface area contributed by atoms with Crippen molar-refractivity contribution >= 4 is 37.1 Å². The first-order chi connectivity index (χ1) is 6.96. The Kier molecular flexibility index (Phi) is 3.21. The number of thiophene rings is 1. The van der Waals surface area contributed by atoms with Crippen LogP contribution in [-0.2, 0) is 9.84 Å². The zero-order chi connectivity index (χ0) is 11.1. The molecule has 0 bridgehead atoms. The van der Waals surface area contributed by atoms with Gasteiger partial charge >= 0.3 is 0 Å². The summed E-state index contributed by atoms with van der Waals surface area (Å²) < 4.78 is 24.2. The summed E-state index contributed by atoms with van der Waals surface area (Å²) in [6, 6.07) is 1.97. The van der Waals surface area contributed by atoms with Crippen LogP contribution in [0.5, 0.6) is 0 Å². The van der Waals surface area contributed by atoms with Gasteiger partial charge in [0, 0.05) is 20.8 Å². The second-order valence-corrected chi connectivity index (χ2v) is 7.88. The van der Waals surface area contributed by atoms with E-state index in [4.69, 9.17) is 0 Å².